The molecule has 7 heterocycles. The first kappa shape index (κ1) is 30.0. The lowest BCUT2D eigenvalue weighted by Crippen LogP contribution is -2.27. The number of hydrogen-bond donors (Lipinski definition) is 1. The molecule has 2 aromatic carbocycles. The molecule has 250 valence electrons. The van der Waals surface area contributed by atoms with Gasteiger partial charge < -0.3 is 19.3 Å². The normalized spacial score (nSPS) is 13.0. The van der Waals surface area contributed by atoms with Crippen molar-refractivity contribution in [2.75, 3.05) is 13.1 Å². The predicted molar refractivity (Wildman–Crippen MR) is 180 cm³/mol. The second-order valence-electron chi connectivity index (χ2n) is 11.9. The summed E-state index contributed by atoms with van der Waals surface area (Å²) < 4.78 is 13.9. The fraction of sp³-hybridized carbons (Fsp3) is 0.143. The van der Waals surface area contributed by atoms with E-state index in [-0.39, 0.29) is 30.1 Å². The molecule has 51 heavy (non-hydrogen) atoms. The number of carbonyl (C=O) groups excluding carboxylic acids is 2. The Morgan fingerprint density at radius 2 is 1.31 bits per heavy atom. The van der Waals surface area contributed by atoms with Gasteiger partial charge in [-0.25, -0.2) is 19.0 Å². The molecule has 0 atom stereocenters. The molecule has 1 aliphatic rings. The van der Waals surface area contributed by atoms with E-state index >= 15 is 0 Å². The van der Waals surface area contributed by atoms with E-state index in [2.05, 4.69) is 40.8 Å². The van der Waals surface area contributed by atoms with E-state index in [1.54, 1.807) is 32.5 Å². The van der Waals surface area contributed by atoms with Crippen molar-refractivity contribution < 1.29 is 18.6 Å². The van der Waals surface area contributed by atoms with Crippen LogP contribution in [0.2, 0.25) is 0 Å². The van der Waals surface area contributed by atoms with Crippen LogP contribution >= 0.6 is 0 Å². The third-order valence-electron chi connectivity index (χ3n) is 8.52. The average molecular weight is 679 g/mol. The van der Waals surface area contributed by atoms with Gasteiger partial charge in [0.1, 0.15) is 0 Å². The molecular weight excluding hydrogens is 652 g/mol. The van der Waals surface area contributed by atoms with Gasteiger partial charge >= 0.3 is 23.6 Å². The lowest BCUT2D eigenvalue weighted by molar-refractivity contribution is 0.0743. The summed E-state index contributed by atoms with van der Waals surface area (Å²) >= 11 is 0. The number of nitrogens with one attached hydrogen (secondary N) is 1. The minimum atomic E-state index is -0.524. The number of nitrogens with zero attached hydrogens (tertiary/aromatic N) is 11. The lowest BCUT2D eigenvalue weighted by atomic mass is 10.1. The van der Waals surface area contributed by atoms with Crippen molar-refractivity contribution in [1.82, 2.24) is 59.7 Å². The molecule has 0 unspecified atom stereocenters. The minimum absolute atomic E-state index is 0.0168. The maximum atomic E-state index is 13.0. The highest BCUT2D eigenvalue weighted by Crippen LogP contribution is 2.27. The third kappa shape index (κ3) is 5.83. The number of rotatable bonds is 8. The Morgan fingerprint density at radius 3 is 2.02 bits per heavy atom. The van der Waals surface area contributed by atoms with E-state index in [1.807, 2.05) is 72.9 Å². The Hall–Kier alpha value is -7.10. The van der Waals surface area contributed by atoms with Crippen molar-refractivity contribution in [3.8, 4) is 45.3 Å². The Bertz CT molecular complexity index is 2550. The van der Waals surface area contributed by atoms with Gasteiger partial charge in [0, 0.05) is 48.1 Å². The summed E-state index contributed by atoms with van der Waals surface area (Å²) in [5, 5.41) is 19.6. The quantitative estimate of drug-likeness (QED) is 0.239. The molecule has 1 saturated heterocycles. The van der Waals surface area contributed by atoms with Crippen LogP contribution in [-0.2, 0) is 6.54 Å². The maximum Gasteiger partial charge on any atom is 0.316 e. The van der Waals surface area contributed by atoms with Crippen molar-refractivity contribution in [2.24, 2.45) is 0 Å². The van der Waals surface area contributed by atoms with Gasteiger partial charge in [0.05, 0.1) is 30.0 Å². The zero-order valence-electron chi connectivity index (χ0n) is 26.7. The van der Waals surface area contributed by atoms with E-state index in [9.17, 15) is 9.59 Å². The molecule has 0 bridgehead atoms. The van der Waals surface area contributed by atoms with Gasteiger partial charge in [-0.2, -0.15) is 20.2 Å². The van der Waals surface area contributed by atoms with E-state index < -0.39 is 5.91 Å². The summed E-state index contributed by atoms with van der Waals surface area (Å²) in [6, 6.07) is 20.5. The number of amides is 2. The lowest BCUT2D eigenvalue weighted by Gasteiger charge is -2.10. The molecule has 0 aliphatic carbocycles. The van der Waals surface area contributed by atoms with Crippen LogP contribution in [0.1, 0.15) is 39.8 Å². The Morgan fingerprint density at radius 1 is 0.686 bits per heavy atom. The topological polar surface area (TPSA) is 188 Å². The number of aromatic nitrogens is 10. The number of fused-ring (bicyclic) bond motifs is 2. The molecule has 0 radical (unpaired) electrons. The molecule has 0 spiro atoms. The Balaban J connectivity index is 0.869. The Labute approximate surface area is 287 Å². The molecule has 16 heteroatoms. The highest BCUT2D eigenvalue weighted by molar-refractivity contribution is 5.90. The van der Waals surface area contributed by atoms with Gasteiger partial charge in [-0.15, -0.1) is 0 Å². The van der Waals surface area contributed by atoms with Crippen LogP contribution in [0.4, 0.5) is 0 Å². The van der Waals surface area contributed by atoms with Gasteiger partial charge in [-0.05, 0) is 48.7 Å². The zero-order valence-corrected chi connectivity index (χ0v) is 26.7. The largest absolute Gasteiger partial charge is 0.344 e. The molecule has 0 saturated carbocycles. The Kier molecular flexibility index (Phi) is 7.30. The first-order valence-electron chi connectivity index (χ1n) is 16.2. The zero-order chi connectivity index (χ0) is 34.3. The number of hydrogen-bond acceptors (Lipinski definition) is 12. The summed E-state index contributed by atoms with van der Waals surface area (Å²) in [5.41, 5.74) is 6.45. The summed E-state index contributed by atoms with van der Waals surface area (Å²) in [4.78, 5) is 45.4. The van der Waals surface area contributed by atoms with Crippen LogP contribution in [0.15, 0.2) is 101 Å². The number of likely N-dealkylation sites (tertiary alicyclic amines) is 1. The average Bonchev–Trinajstić information content (AvgIpc) is 4.02. The molecule has 8 aromatic rings. The third-order valence-corrected chi connectivity index (χ3v) is 8.52. The van der Waals surface area contributed by atoms with Crippen LogP contribution in [0.5, 0.6) is 0 Å². The van der Waals surface area contributed by atoms with Crippen LogP contribution < -0.4 is 5.32 Å². The number of benzene rings is 2. The second kappa shape index (κ2) is 12.4. The maximum absolute atomic E-state index is 13.0. The van der Waals surface area contributed by atoms with Crippen molar-refractivity contribution in [3.63, 3.8) is 0 Å². The first-order chi connectivity index (χ1) is 25.0. The predicted octanol–water partition coefficient (Wildman–Crippen LogP) is 4.37. The van der Waals surface area contributed by atoms with E-state index in [4.69, 9.17) is 14.0 Å². The molecular formula is C35H26N12O4. The highest BCUT2D eigenvalue weighted by Gasteiger charge is 2.25. The van der Waals surface area contributed by atoms with E-state index in [0.29, 0.717) is 41.4 Å². The summed E-state index contributed by atoms with van der Waals surface area (Å²) in [6.45, 7) is 1.55. The fourth-order valence-electron chi connectivity index (χ4n) is 5.93. The molecule has 6 aromatic heterocycles. The monoisotopic (exact) mass is 678 g/mol. The van der Waals surface area contributed by atoms with Crippen LogP contribution in [0, 0.1) is 0 Å². The van der Waals surface area contributed by atoms with Crippen molar-refractivity contribution in [3.05, 3.63) is 109 Å². The van der Waals surface area contributed by atoms with Gasteiger partial charge in [0.25, 0.3) is 0 Å². The van der Waals surface area contributed by atoms with Gasteiger partial charge in [0.2, 0.25) is 11.6 Å². The SMILES string of the molecule is O=C(NCc1cnn2cc(-c3cccc(-c4noc(C(=O)N5CCCC5)n4)c3)nc2c1)c1nc(-c2cccc(-c3cn4ncccc4n3)c2)no1. The van der Waals surface area contributed by atoms with Gasteiger partial charge in [-0.3, -0.25) is 9.59 Å². The van der Waals surface area contributed by atoms with Crippen LogP contribution in [-0.4, -0.2) is 79.3 Å². The number of imidazole rings is 2. The van der Waals surface area contributed by atoms with Crippen molar-refractivity contribution in [1.29, 1.82) is 0 Å². The fourth-order valence-corrected chi connectivity index (χ4v) is 5.93. The first-order valence-corrected chi connectivity index (χ1v) is 16.2. The summed E-state index contributed by atoms with van der Waals surface area (Å²) in [7, 11) is 0. The van der Waals surface area contributed by atoms with Gasteiger partial charge in [-0.1, -0.05) is 46.7 Å². The standard InChI is InChI=1S/C35H26N12O4/c48-32(33-41-30(43-50-33)24-8-3-6-22(15-24)26-19-46-28(39-26)10-5-11-37-46)36-17-21-14-29-40-27(20-47(29)38-18-21)23-7-4-9-25(16-23)31-42-34(51-44-31)35(49)45-12-1-2-13-45/h3-11,14-16,18-20H,1-2,12-13,17H2,(H,36,48). The molecule has 16 nitrogen and oxygen atoms in total. The second-order valence-corrected chi connectivity index (χ2v) is 11.9. The molecule has 1 N–H and O–H groups in total. The van der Waals surface area contributed by atoms with Gasteiger partial charge in [0.15, 0.2) is 11.3 Å². The van der Waals surface area contributed by atoms with E-state index in [0.717, 1.165) is 40.9 Å². The molecule has 1 aliphatic heterocycles. The molecule has 9 rings (SSSR count). The smallest absolute Gasteiger partial charge is 0.316 e. The van der Waals surface area contributed by atoms with Crippen LogP contribution in [0.25, 0.3) is 56.6 Å². The van der Waals surface area contributed by atoms with Crippen molar-refractivity contribution >= 4 is 23.1 Å². The van der Waals surface area contributed by atoms with Crippen molar-refractivity contribution in [2.45, 2.75) is 19.4 Å². The number of carbonyl (C=O) groups is 2. The molecule has 1 fully saturated rings. The highest BCUT2D eigenvalue weighted by atomic mass is 16.5. The summed E-state index contributed by atoms with van der Waals surface area (Å²) in [6.07, 6.45) is 8.93. The molecule has 2 amide bonds. The minimum Gasteiger partial charge on any atom is -0.344 e. The van der Waals surface area contributed by atoms with Crippen LogP contribution in [0.3, 0.4) is 0 Å². The summed E-state index contributed by atoms with van der Waals surface area (Å²) in [5.74, 6) is -0.361. The van der Waals surface area contributed by atoms with E-state index in [1.165, 1.54) is 0 Å².